The Labute approximate surface area is 101 Å². The van der Waals surface area contributed by atoms with Gasteiger partial charge in [0.15, 0.2) is 0 Å². The Morgan fingerprint density at radius 2 is 2.12 bits per heavy atom. The lowest BCUT2D eigenvalue weighted by Gasteiger charge is -2.41. The van der Waals surface area contributed by atoms with Gasteiger partial charge in [-0.1, -0.05) is 0 Å². The van der Waals surface area contributed by atoms with Crippen LogP contribution in [-0.2, 0) is 19.6 Å². The molecule has 17 heavy (non-hydrogen) atoms. The Morgan fingerprint density at radius 3 is 2.53 bits per heavy atom. The molecule has 0 radical (unpaired) electrons. The minimum Gasteiger partial charge on any atom is -0.481 e. The maximum atomic E-state index is 11.7. The van der Waals surface area contributed by atoms with Gasteiger partial charge in [-0.05, 0) is 25.7 Å². The van der Waals surface area contributed by atoms with Crippen molar-refractivity contribution in [1.82, 2.24) is 4.72 Å². The zero-order valence-electron chi connectivity index (χ0n) is 9.94. The monoisotopic (exact) mass is 265 g/mol. The molecule has 0 heterocycles. The van der Waals surface area contributed by atoms with E-state index in [1.165, 1.54) is 7.11 Å². The van der Waals surface area contributed by atoms with Gasteiger partial charge in [-0.15, -0.1) is 0 Å². The number of methoxy groups -OCH3 is 1. The van der Waals surface area contributed by atoms with Gasteiger partial charge in [-0.3, -0.25) is 4.79 Å². The van der Waals surface area contributed by atoms with Crippen LogP contribution in [-0.4, -0.2) is 44.5 Å². The second kappa shape index (κ2) is 5.79. The fourth-order valence-corrected chi connectivity index (χ4v) is 3.52. The predicted molar refractivity (Wildman–Crippen MR) is 62.3 cm³/mol. The maximum Gasteiger partial charge on any atom is 0.305 e. The zero-order chi connectivity index (χ0) is 12.9. The largest absolute Gasteiger partial charge is 0.481 e. The molecule has 0 unspecified atom stereocenters. The number of sulfonamides is 1. The van der Waals surface area contributed by atoms with Crippen LogP contribution >= 0.6 is 0 Å². The molecule has 0 atom stereocenters. The van der Waals surface area contributed by atoms with Crippen LogP contribution in [0.3, 0.4) is 0 Å². The van der Waals surface area contributed by atoms with Gasteiger partial charge < -0.3 is 9.84 Å². The summed E-state index contributed by atoms with van der Waals surface area (Å²) in [6.45, 7) is 0.382. The van der Waals surface area contributed by atoms with E-state index >= 15 is 0 Å². The average Bonchev–Trinajstić information content (AvgIpc) is 2.13. The molecule has 1 saturated carbocycles. The summed E-state index contributed by atoms with van der Waals surface area (Å²) in [6, 6.07) is 0. The molecule has 0 spiro atoms. The van der Waals surface area contributed by atoms with Crippen LogP contribution in [0, 0.1) is 0 Å². The fraction of sp³-hybridized carbons (Fsp3) is 0.900. The minimum absolute atomic E-state index is 0.0256. The second-order valence-electron chi connectivity index (χ2n) is 4.47. The number of carbonyl (C=O) groups is 1. The van der Waals surface area contributed by atoms with Gasteiger partial charge in [-0.25, -0.2) is 13.1 Å². The molecule has 1 aliphatic rings. The Morgan fingerprint density at radius 1 is 1.47 bits per heavy atom. The molecule has 6 nitrogen and oxygen atoms in total. The first kappa shape index (κ1) is 14.4. The lowest BCUT2D eigenvalue weighted by Crippen LogP contribution is -2.55. The number of carboxylic acids is 1. The maximum absolute atomic E-state index is 11.7. The Bertz CT molecular complexity index is 361. The molecule has 0 aromatic carbocycles. The molecule has 0 aromatic rings. The van der Waals surface area contributed by atoms with Crippen LogP contribution < -0.4 is 4.72 Å². The molecule has 0 bridgehead atoms. The van der Waals surface area contributed by atoms with Crippen molar-refractivity contribution in [3.8, 4) is 0 Å². The third-order valence-corrected chi connectivity index (χ3v) is 4.50. The SMILES string of the molecule is COCCCS(=O)(=O)NC1(CC(=O)O)CCC1. The molecular formula is C10H19NO5S. The number of hydrogen-bond acceptors (Lipinski definition) is 4. The average molecular weight is 265 g/mol. The first-order valence-corrected chi connectivity index (χ1v) is 7.27. The predicted octanol–water partition coefficient (Wildman–Crippen LogP) is 0.340. The van der Waals surface area contributed by atoms with Gasteiger partial charge in [0.25, 0.3) is 0 Å². The van der Waals surface area contributed by atoms with Crippen molar-refractivity contribution in [2.75, 3.05) is 19.5 Å². The summed E-state index contributed by atoms with van der Waals surface area (Å²) in [5.74, 6) is -0.994. The van der Waals surface area contributed by atoms with Crippen LogP contribution in [0.15, 0.2) is 0 Å². The van der Waals surface area contributed by atoms with Gasteiger partial charge >= 0.3 is 5.97 Å². The van der Waals surface area contributed by atoms with E-state index in [0.717, 1.165) is 6.42 Å². The Hall–Kier alpha value is -0.660. The van der Waals surface area contributed by atoms with E-state index in [1.807, 2.05) is 0 Å². The smallest absolute Gasteiger partial charge is 0.305 e. The zero-order valence-corrected chi connectivity index (χ0v) is 10.8. The van der Waals surface area contributed by atoms with Gasteiger partial charge in [0.05, 0.1) is 12.2 Å². The summed E-state index contributed by atoms with van der Waals surface area (Å²) in [4.78, 5) is 10.7. The van der Waals surface area contributed by atoms with E-state index in [4.69, 9.17) is 9.84 Å². The van der Waals surface area contributed by atoms with E-state index in [-0.39, 0.29) is 12.2 Å². The van der Waals surface area contributed by atoms with Gasteiger partial charge in [-0.2, -0.15) is 0 Å². The fourth-order valence-electron chi connectivity index (χ4n) is 1.98. The minimum atomic E-state index is -3.41. The third-order valence-electron chi connectivity index (χ3n) is 2.93. The number of carboxylic acid groups (broad SMARTS) is 1. The molecule has 0 saturated heterocycles. The van der Waals surface area contributed by atoms with Crippen LogP contribution in [0.1, 0.15) is 32.1 Å². The summed E-state index contributed by atoms with van der Waals surface area (Å²) < 4.78 is 30.8. The van der Waals surface area contributed by atoms with Crippen molar-refractivity contribution in [2.24, 2.45) is 0 Å². The molecule has 0 aromatic heterocycles. The highest BCUT2D eigenvalue weighted by atomic mass is 32.2. The molecule has 0 aliphatic heterocycles. The van der Waals surface area contributed by atoms with Gasteiger partial charge in [0.1, 0.15) is 0 Å². The van der Waals surface area contributed by atoms with E-state index in [0.29, 0.717) is 25.9 Å². The van der Waals surface area contributed by atoms with Crippen molar-refractivity contribution >= 4 is 16.0 Å². The summed E-state index contributed by atoms with van der Waals surface area (Å²) >= 11 is 0. The molecular weight excluding hydrogens is 246 g/mol. The lowest BCUT2D eigenvalue weighted by molar-refractivity contribution is -0.139. The highest BCUT2D eigenvalue weighted by molar-refractivity contribution is 7.89. The van der Waals surface area contributed by atoms with Gasteiger partial charge in [0.2, 0.25) is 10.0 Å². The van der Waals surface area contributed by atoms with Crippen molar-refractivity contribution in [3.63, 3.8) is 0 Å². The molecule has 1 rings (SSSR count). The summed E-state index contributed by atoms with van der Waals surface area (Å²) in [5, 5.41) is 8.77. The highest BCUT2D eigenvalue weighted by Crippen LogP contribution is 2.35. The molecule has 1 aliphatic carbocycles. The van der Waals surface area contributed by atoms with Crippen LogP contribution in [0.4, 0.5) is 0 Å². The van der Waals surface area contributed by atoms with Crippen LogP contribution in [0.2, 0.25) is 0 Å². The lowest BCUT2D eigenvalue weighted by atomic mass is 9.75. The number of rotatable bonds is 8. The van der Waals surface area contributed by atoms with Crippen molar-refractivity contribution in [2.45, 2.75) is 37.6 Å². The van der Waals surface area contributed by atoms with E-state index < -0.39 is 21.5 Å². The quantitative estimate of drug-likeness (QED) is 0.617. The Balaban J connectivity index is 2.52. The number of aliphatic carboxylic acids is 1. The summed E-state index contributed by atoms with van der Waals surface area (Å²) in [7, 11) is -1.90. The molecule has 7 heteroatoms. The highest BCUT2D eigenvalue weighted by Gasteiger charge is 2.41. The first-order chi connectivity index (χ1) is 7.89. The molecule has 2 N–H and O–H groups in total. The van der Waals surface area contributed by atoms with Crippen LogP contribution in [0.25, 0.3) is 0 Å². The standard InChI is InChI=1S/C10H19NO5S/c1-16-6-3-7-17(14,15)11-10(4-2-5-10)8-9(12)13/h11H,2-8H2,1H3,(H,12,13). The summed E-state index contributed by atoms with van der Waals surface area (Å²) in [5.41, 5.74) is -0.752. The van der Waals surface area contributed by atoms with Crippen molar-refractivity contribution in [3.05, 3.63) is 0 Å². The van der Waals surface area contributed by atoms with E-state index in [2.05, 4.69) is 4.72 Å². The Kier molecular flexibility index (Phi) is 4.91. The normalized spacial score (nSPS) is 18.6. The van der Waals surface area contributed by atoms with Crippen molar-refractivity contribution in [1.29, 1.82) is 0 Å². The van der Waals surface area contributed by atoms with Gasteiger partial charge in [0, 0.05) is 19.3 Å². The van der Waals surface area contributed by atoms with Crippen LogP contribution in [0.5, 0.6) is 0 Å². The van der Waals surface area contributed by atoms with E-state index in [9.17, 15) is 13.2 Å². The second-order valence-corrected chi connectivity index (χ2v) is 6.31. The molecule has 1 fully saturated rings. The third kappa shape index (κ3) is 4.61. The number of ether oxygens (including phenoxy) is 1. The number of hydrogen-bond donors (Lipinski definition) is 2. The molecule has 0 amide bonds. The summed E-state index contributed by atoms with van der Waals surface area (Å²) in [6.07, 6.45) is 2.34. The van der Waals surface area contributed by atoms with E-state index in [1.54, 1.807) is 0 Å². The van der Waals surface area contributed by atoms with Crippen molar-refractivity contribution < 1.29 is 23.1 Å². The number of nitrogens with one attached hydrogen (secondary N) is 1. The topological polar surface area (TPSA) is 92.7 Å². The molecule has 100 valence electrons. The first-order valence-electron chi connectivity index (χ1n) is 5.62.